The van der Waals surface area contributed by atoms with Crippen LogP contribution in [0.2, 0.25) is 0 Å². The topological polar surface area (TPSA) is 97.6 Å². The zero-order valence-corrected chi connectivity index (χ0v) is 13.3. The third-order valence-electron chi connectivity index (χ3n) is 2.90. The third-order valence-corrected chi connectivity index (χ3v) is 3.34. The average Bonchev–Trinajstić information content (AvgIpc) is 2.83. The molecule has 0 spiro atoms. The predicted molar refractivity (Wildman–Crippen MR) is 77.9 cm³/mol. The molecule has 8 heteroatoms. The van der Waals surface area contributed by atoms with E-state index in [1.807, 2.05) is 6.92 Å². The number of carboxylic acids is 1. The van der Waals surface area contributed by atoms with E-state index < -0.39 is 23.9 Å². The van der Waals surface area contributed by atoms with Gasteiger partial charge < -0.3 is 19.7 Å². The molecule has 0 radical (unpaired) electrons. The van der Waals surface area contributed by atoms with E-state index in [-0.39, 0.29) is 12.8 Å². The van der Waals surface area contributed by atoms with Gasteiger partial charge in [0.2, 0.25) is 0 Å². The Morgan fingerprint density at radius 1 is 1.48 bits per heavy atom. The summed E-state index contributed by atoms with van der Waals surface area (Å²) < 4.78 is 6.88. The van der Waals surface area contributed by atoms with Gasteiger partial charge in [0.05, 0.1) is 7.11 Å². The Bertz CT molecular complexity index is 541. The van der Waals surface area contributed by atoms with Crippen LogP contribution in [0.4, 0.5) is 0 Å². The second-order valence-corrected chi connectivity index (χ2v) is 5.22. The van der Waals surface area contributed by atoms with E-state index in [0.717, 1.165) is 4.47 Å². The van der Waals surface area contributed by atoms with Gasteiger partial charge in [-0.25, -0.2) is 4.79 Å². The number of aryl methyl sites for hydroxylation is 1. The fourth-order valence-corrected chi connectivity index (χ4v) is 2.24. The summed E-state index contributed by atoms with van der Waals surface area (Å²) in [4.78, 5) is 34.3. The molecule has 7 nitrogen and oxygen atoms in total. The van der Waals surface area contributed by atoms with Crippen molar-refractivity contribution in [1.82, 2.24) is 9.88 Å². The van der Waals surface area contributed by atoms with Gasteiger partial charge in [0.15, 0.2) is 0 Å². The standard InChI is InChI=1S/C13H17BrN2O5/c1-3-16-7-8(14)6-10(16)12(18)15-9(13(19)20)4-5-11(17)21-2/h6-7,9H,3-5H2,1-2H3,(H,15,18)(H,19,20)/t9-/m1/s1. The van der Waals surface area contributed by atoms with Gasteiger partial charge >= 0.3 is 11.9 Å². The van der Waals surface area contributed by atoms with E-state index in [4.69, 9.17) is 5.11 Å². The van der Waals surface area contributed by atoms with Crippen LogP contribution in [-0.2, 0) is 20.9 Å². The lowest BCUT2D eigenvalue weighted by atomic mass is 10.1. The lowest BCUT2D eigenvalue weighted by Gasteiger charge is -2.14. The van der Waals surface area contributed by atoms with Crippen LogP contribution in [-0.4, -0.2) is 40.7 Å². The molecule has 21 heavy (non-hydrogen) atoms. The van der Waals surface area contributed by atoms with Gasteiger partial charge in [0.1, 0.15) is 11.7 Å². The minimum Gasteiger partial charge on any atom is -0.480 e. The van der Waals surface area contributed by atoms with Crippen LogP contribution in [0.5, 0.6) is 0 Å². The van der Waals surface area contributed by atoms with Crippen molar-refractivity contribution < 1.29 is 24.2 Å². The van der Waals surface area contributed by atoms with Crippen LogP contribution in [0.3, 0.4) is 0 Å². The number of carbonyl (C=O) groups is 3. The lowest BCUT2D eigenvalue weighted by Crippen LogP contribution is -2.41. The number of nitrogens with zero attached hydrogens (tertiary/aromatic N) is 1. The fourth-order valence-electron chi connectivity index (χ4n) is 1.78. The summed E-state index contributed by atoms with van der Waals surface area (Å²) in [6.45, 7) is 2.45. The minimum atomic E-state index is -1.19. The molecule has 1 heterocycles. The van der Waals surface area contributed by atoms with Crippen LogP contribution >= 0.6 is 15.9 Å². The summed E-state index contributed by atoms with van der Waals surface area (Å²) in [5.41, 5.74) is 0.355. The number of carbonyl (C=O) groups excluding carboxylic acids is 2. The second kappa shape index (κ2) is 7.82. The highest BCUT2D eigenvalue weighted by Gasteiger charge is 2.23. The predicted octanol–water partition coefficient (Wildman–Crippen LogP) is 1.41. The first kappa shape index (κ1) is 17.2. The highest BCUT2D eigenvalue weighted by molar-refractivity contribution is 9.10. The van der Waals surface area contributed by atoms with Gasteiger partial charge in [0, 0.05) is 23.6 Å². The fraction of sp³-hybridized carbons (Fsp3) is 0.462. The number of ether oxygens (including phenoxy) is 1. The van der Waals surface area contributed by atoms with E-state index in [0.29, 0.717) is 12.2 Å². The summed E-state index contributed by atoms with van der Waals surface area (Å²) in [5, 5.41) is 11.5. The van der Waals surface area contributed by atoms with Crippen molar-refractivity contribution in [2.24, 2.45) is 0 Å². The number of nitrogens with one attached hydrogen (secondary N) is 1. The zero-order valence-electron chi connectivity index (χ0n) is 11.8. The molecule has 2 N–H and O–H groups in total. The summed E-state index contributed by atoms with van der Waals surface area (Å²) in [6.07, 6.45) is 1.63. The molecule has 0 unspecified atom stereocenters. The molecule has 0 aliphatic rings. The Hall–Kier alpha value is -1.83. The molecule has 116 valence electrons. The smallest absolute Gasteiger partial charge is 0.326 e. The number of aliphatic carboxylic acids is 1. The molecule has 0 aliphatic heterocycles. The molecule has 0 fully saturated rings. The molecule has 1 atom stereocenters. The van der Waals surface area contributed by atoms with Crippen molar-refractivity contribution in [2.75, 3.05) is 7.11 Å². The van der Waals surface area contributed by atoms with Gasteiger partial charge in [-0.3, -0.25) is 9.59 Å². The van der Waals surface area contributed by atoms with E-state index in [2.05, 4.69) is 26.0 Å². The van der Waals surface area contributed by atoms with E-state index >= 15 is 0 Å². The Balaban J connectivity index is 2.76. The van der Waals surface area contributed by atoms with E-state index in [1.54, 1.807) is 16.8 Å². The third kappa shape index (κ3) is 4.89. The minimum absolute atomic E-state index is 0.0260. The van der Waals surface area contributed by atoms with Gasteiger partial charge in [-0.15, -0.1) is 0 Å². The first-order valence-corrected chi connectivity index (χ1v) is 7.14. The highest BCUT2D eigenvalue weighted by Crippen LogP contribution is 2.15. The second-order valence-electron chi connectivity index (χ2n) is 4.31. The van der Waals surface area contributed by atoms with Crippen LogP contribution in [0.15, 0.2) is 16.7 Å². The number of halogens is 1. The average molecular weight is 361 g/mol. The molecule has 1 amide bonds. The maximum absolute atomic E-state index is 12.1. The summed E-state index contributed by atoms with van der Waals surface area (Å²) in [7, 11) is 1.22. The summed E-state index contributed by atoms with van der Waals surface area (Å²) in [6, 6.07) is 0.466. The van der Waals surface area contributed by atoms with Crippen molar-refractivity contribution >= 4 is 33.8 Å². The van der Waals surface area contributed by atoms with Crippen LogP contribution in [0.25, 0.3) is 0 Å². The Kier molecular flexibility index (Phi) is 6.41. The Labute approximate surface area is 130 Å². The Morgan fingerprint density at radius 3 is 2.67 bits per heavy atom. The van der Waals surface area contributed by atoms with Crippen molar-refractivity contribution in [3.63, 3.8) is 0 Å². The van der Waals surface area contributed by atoms with Gasteiger partial charge in [0.25, 0.3) is 5.91 Å². The molecular formula is C13H17BrN2O5. The molecule has 1 aromatic rings. The zero-order chi connectivity index (χ0) is 16.0. The first-order valence-electron chi connectivity index (χ1n) is 6.35. The van der Waals surface area contributed by atoms with Crippen molar-refractivity contribution in [1.29, 1.82) is 0 Å². The molecule has 0 aromatic carbocycles. The molecule has 1 aromatic heterocycles. The van der Waals surface area contributed by atoms with Gasteiger partial charge in [-0.2, -0.15) is 0 Å². The van der Waals surface area contributed by atoms with Crippen LogP contribution < -0.4 is 5.32 Å². The van der Waals surface area contributed by atoms with Crippen LogP contribution in [0.1, 0.15) is 30.3 Å². The molecule has 1 rings (SSSR count). The number of hydrogen-bond donors (Lipinski definition) is 2. The highest BCUT2D eigenvalue weighted by atomic mass is 79.9. The van der Waals surface area contributed by atoms with E-state index in [1.165, 1.54) is 7.11 Å². The number of aromatic nitrogens is 1. The Morgan fingerprint density at radius 2 is 2.14 bits per heavy atom. The number of rotatable bonds is 7. The molecule has 0 aliphatic carbocycles. The maximum atomic E-state index is 12.1. The monoisotopic (exact) mass is 360 g/mol. The summed E-state index contributed by atoms with van der Waals surface area (Å²) >= 11 is 3.27. The maximum Gasteiger partial charge on any atom is 0.326 e. The number of amides is 1. The van der Waals surface area contributed by atoms with Gasteiger partial charge in [-0.1, -0.05) is 0 Å². The molecule has 0 saturated heterocycles. The molecule has 0 saturated carbocycles. The van der Waals surface area contributed by atoms with E-state index in [9.17, 15) is 14.4 Å². The quantitative estimate of drug-likeness (QED) is 0.716. The number of carboxylic acid groups (broad SMARTS) is 1. The first-order chi connectivity index (χ1) is 9.88. The number of esters is 1. The lowest BCUT2D eigenvalue weighted by molar-refractivity contribution is -0.142. The largest absolute Gasteiger partial charge is 0.480 e. The van der Waals surface area contributed by atoms with Gasteiger partial charge in [-0.05, 0) is 35.3 Å². The van der Waals surface area contributed by atoms with Crippen molar-refractivity contribution in [3.05, 3.63) is 22.4 Å². The normalized spacial score (nSPS) is 11.8. The molecule has 0 bridgehead atoms. The number of hydrogen-bond acceptors (Lipinski definition) is 4. The van der Waals surface area contributed by atoms with Crippen molar-refractivity contribution in [3.8, 4) is 0 Å². The summed E-state index contributed by atoms with van der Waals surface area (Å²) in [5.74, 6) is -2.21. The molecular weight excluding hydrogens is 344 g/mol. The van der Waals surface area contributed by atoms with Crippen LogP contribution in [0, 0.1) is 0 Å². The van der Waals surface area contributed by atoms with Crippen molar-refractivity contribution in [2.45, 2.75) is 32.4 Å². The SMILES string of the molecule is CCn1cc(Br)cc1C(=O)N[C@H](CCC(=O)OC)C(=O)O. The number of methoxy groups -OCH3 is 1.